The molecule has 1 fully saturated rings. The molecular weight excluding hydrogens is 366 g/mol. The fourth-order valence-electron chi connectivity index (χ4n) is 2.81. The van der Waals surface area contributed by atoms with Gasteiger partial charge in [0.2, 0.25) is 11.8 Å². The van der Waals surface area contributed by atoms with Gasteiger partial charge in [0, 0.05) is 16.9 Å². The van der Waals surface area contributed by atoms with Crippen LogP contribution in [0.1, 0.15) is 44.0 Å². The van der Waals surface area contributed by atoms with Crippen molar-refractivity contribution in [2.24, 2.45) is 0 Å². The van der Waals surface area contributed by atoms with Crippen molar-refractivity contribution in [2.75, 3.05) is 5.32 Å². The summed E-state index contributed by atoms with van der Waals surface area (Å²) in [5.74, 6) is -1.62. The van der Waals surface area contributed by atoms with E-state index < -0.39 is 17.9 Å². The van der Waals surface area contributed by atoms with Crippen LogP contribution in [0.2, 0.25) is 0 Å². The molecule has 27 heavy (non-hydrogen) atoms. The molecule has 8 heteroatoms. The lowest BCUT2D eigenvalue weighted by Gasteiger charge is -2.22. The van der Waals surface area contributed by atoms with E-state index in [9.17, 15) is 19.2 Å². The van der Waals surface area contributed by atoms with Gasteiger partial charge in [0.25, 0.3) is 11.8 Å². The summed E-state index contributed by atoms with van der Waals surface area (Å²) in [6.45, 7) is 3.66. The van der Waals surface area contributed by atoms with Gasteiger partial charge in [-0.15, -0.1) is 11.3 Å². The Morgan fingerprint density at radius 1 is 1.11 bits per heavy atom. The molecule has 140 valence electrons. The van der Waals surface area contributed by atoms with Gasteiger partial charge in [-0.05, 0) is 38.0 Å². The Morgan fingerprint density at radius 3 is 2.48 bits per heavy atom. The molecule has 1 saturated heterocycles. The average molecular weight is 385 g/mol. The van der Waals surface area contributed by atoms with E-state index in [0.29, 0.717) is 16.1 Å². The molecule has 0 bridgehead atoms. The molecule has 2 heterocycles. The molecule has 0 saturated carbocycles. The van der Waals surface area contributed by atoms with Crippen LogP contribution in [0, 0.1) is 13.8 Å². The van der Waals surface area contributed by atoms with Crippen LogP contribution in [-0.2, 0) is 9.59 Å². The van der Waals surface area contributed by atoms with Crippen LogP contribution in [0.15, 0.2) is 30.3 Å². The summed E-state index contributed by atoms with van der Waals surface area (Å²) in [4.78, 5) is 49.3. The molecule has 1 unspecified atom stereocenters. The Balaban J connectivity index is 1.81. The van der Waals surface area contributed by atoms with Crippen LogP contribution in [0.4, 0.5) is 5.00 Å². The maximum absolute atomic E-state index is 12.8. The minimum absolute atomic E-state index is 0.177. The Hall–Kier alpha value is -3.00. The predicted molar refractivity (Wildman–Crippen MR) is 102 cm³/mol. The van der Waals surface area contributed by atoms with Crippen molar-refractivity contribution < 1.29 is 19.2 Å². The number of piperidine rings is 1. The monoisotopic (exact) mass is 385 g/mol. The number of aryl methyl sites for hydroxylation is 1. The molecule has 0 radical (unpaired) electrons. The quantitative estimate of drug-likeness (QED) is 0.702. The molecule has 0 aliphatic carbocycles. The highest BCUT2D eigenvalue weighted by atomic mass is 32.1. The van der Waals surface area contributed by atoms with E-state index in [0.717, 1.165) is 10.4 Å². The van der Waals surface area contributed by atoms with Crippen molar-refractivity contribution in [1.29, 1.82) is 0 Å². The Bertz CT molecular complexity index is 921. The maximum Gasteiger partial charge on any atom is 0.256 e. The van der Waals surface area contributed by atoms with E-state index in [-0.39, 0.29) is 24.7 Å². The minimum Gasteiger partial charge on any atom is -0.340 e. The van der Waals surface area contributed by atoms with Gasteiger partial charge < -0.3 is 10.6 Å². The molecule has 1 aromatic carbocycles. The smallest absolute Gasteiger partial charge is 0.256 e. The van der Waals surface area contributed by atoms with E-state index in [2.05, 4.69) is 16.0 Å². The molecule has 1 aliphatic rings. The largest absolute Gasteiger partial charge is 0.340 e. The molecule has 0 spiro atoms. The van der Waals surface area contributed by atoms with Gasteiger partial charge in [0.05, 0.1) is 5.56 Å². The minimum atomic E-state index is -0.771. The first-order chi connectivity index (χ1) is 12.9. The molecule has 3 N–H and O–H groups in total. The normalized spacial score (nSPS) is 16.6. The maximum atomic E-state index is 12.8. The number of benzene rings is 1. The van der Waals surface area contributed by atoms with Crippen LogP contribution >= 0.6 is 11.3 Å². The van der Waals surface area contributed by atoms with Gasteiger partial charge in [0.15, 0.2) is 0 Å². The highest BCUT2D eigenvalue weighted by molar-refractivity contribution is 7.16. The predicted octanol–water partition coefficient (Wildman–Crippen LogP) is 2.15. The fraction of sp³-hybridized carbons (Fsp3) is 0.263. The summed E-state index contributed by atoms with van der Waals surface area (Å²) in [5.41, 5.74) is 1.57. The third kappa shape index (κ3) is 4.06. The number of carbonyl (C=O) groups excluding carboxylic acids is 4. The van der Waals surface area contributed by atoms with Gasteiger partial charge in [0.1, 0.15) is 11.0 Å². The van der Waals surface area contributed by atoms with Crippen LogP contribution in [0.3, 0.4) is 0 Å². The third-order valence-electron chi connectivity index (χ3n) is 4.42. The van der Waals surface area contributed by atoms with E-state index in [1.165, 1.54) is 11.3 Å². The van der Waals surface area contributed by atoms with Gasteiger partial charge >= 0.3 is 0 Å². The van der Waals surface area contributed by atoms with Crippen molar-refractivity contribution in [3.05, 3.63) is 51.9 Å². The first-order valence-electron chi connectivity index (χ1n) is 8.47. The topological polar surface area (TPSA) is 104 Å². The zero-order valence-corrected chi connectivity index (χ0v) is 15.7. The number of carbonyl (C=O) groups is 4. The zero-order chi connectivity index (χ0) is 19.6. The van der Waals surface area contributed by atoms with Crippen molar-refractivity contribution >= 4 is 40.0 Å². The van der Waals surface area contributed by atoms with Crippen LogP contribution in [0.25, 0.3) is 0 Å². The second-order valence-corrected chi connectivity index (χ2v) is 7.51. The van der Waals surface area contributed by atoms with Gasteiger partial charge in [-0.2, -0.15) is 0 Å². The summed E-state index contributed by atoms with van der Waals surface area (Å²) in [7, 11) is 0. The van der Waals surface area contributed by atoms with Crippen molar-refractivity contribution in [2.45, 2.75) is 32.7 Å². The SMILES string of the molecule is Cc1sc(NC(=O)c2ccccc2)c(C(=O)NC2CCC(=O)NC2=O)c1C. The Morgan fingerprint density at radius 2 is 1.81 bits per heavy atom. The molecule has 2 aromatic rings. The fourth-order valence-corrected chi connectivity index (χ4v) is 3.87. The number of imide groups is 1. The molecule has 7 nitrogen and oxygen atoms in total. The molecule has 1 atom stereocenters. The molecule has 1 aliphatic heterocycles. The lowest BCUT2D eigenvalue weighted by molar-refractivity contribution is -0.134. The molecule has 3 rings (SSSR count). The molecule has 4 amide bonds. The first-order valence-corrected chi connectivity index (χ1v) is 9.29. The summed E-state index contributed by atoms with van der Waals surface area (Å²) >= 11 is 1.31. The number of anilines is 1. The van der Waals surface area contributed by atoms with Crippen LogP contribution < -0.4 is 16.0 Å². The lowest BCUT2D eigenvalue weighted by Crippen LogP contribution is -2.52. The number of hydrogen-bond donors (Lipinski definition) is 3. The number of nitrogens with one attached hydrogen (secondary N) is 3. The van der Waals surface area contributed by atoms with Gasteiger partial charge in [-0.3, -0.25) is 24.5 Å². The third-order valence-corrected chi connectivity index (χ3v) is 5.54. The summed E-state index contributed by atoms with van der Waals surface area (Å²) < 4.78 is 0. The summed E-state index contributed by atoms with van der Waals surface area (Å²) in [6, 6.07) is 7.94. The van der Waals surface area contributed by atoms with Crippen molar-refractivity contribution in [3.63, 3.8) is 0 Å². The van der Waals surface area contributed by atoms with Gasteiger partial charge in [-0.25, -0.2) is 0 Å². The highest BCUT2D eigenvalue weighted by Gasteiger charge is 2.30. The number of thiophene rings is 1. The zero-order valence-electron chi connectivity index (χ0n) is 14.9. The van der Waals surface area contributed by atoms with Crippen LogP contribution in [0.5, 0.6) is 0 Å². The van der Waals surface area contributed by atoms with E-state index in [4.69, 9.17) is 0 Å². The van der Waals surface area contributed by atoms with Crippen molar-refractivity contribution in [1.82, 2.24) is 10.6 Å². The summed E-state index contributed by atoms with van der Waals surface area (Å²) in [5, 5.41) is 8.10. The number of amides is 4. The van der Waals surface area contributed by atoms with Gasteiger partial charge in [-0.1, -0.05) is 18.2 Å². The Kier molecular flexibility index (Phi) is 5.36. The molecular formula is C19H19N3O4S. The standard InChI is InChI=1S/C19H19N3O4S/c1-10-11(2)27-19(22-16(24)12-6-4-3-5-7-12)15(10)18(26)20-13-8-9-14(23)21-17(13)25/h3-7,13H,8-9H2,1-2H3,(H,20,26)(H,22,24)(H,21,23,25). The molecule has 1 aromatic heterocycles. The Labute approximate surface area is 160 Å². The van der Waals surface area contributed by atoms with Crippen LogP contribution in [-0.4, -0.2) is 29.7 Å². The highest BCUT2D eigenvalue weighted by Crippen LogP contribution is 2.33. The van der Waals surface area contributed by atoms with E-state index in [1.807, 2.05) is 13.0 Å². The number of rotatable bonds is 4. The lowest BCUT2D eigenvalue weighted by atomic mass is 10.0. The summed E-state index contributed by atoms with van der Waals surface area (Å²) in [6.07, 6.45) is 0.431. The average Bonchev–Trinajstić information content (AvgIpc) is 2.92. The van der Waals surface area contributed by atoms with E-state index in [1.54, 1.807) is 31.2 Å². The second-order valence-electron chi connectivity index (χ2n) is 6.28. The van der Waals surface area contributed by atoms with Crippen molar-refractivity contribution in [3.8, 4) is 0 Å². The van der Waals surface area contributed by atoms with E-state index >= 15 is 0 Å². The second kappa shape index (κ2) is 7.71. The number of hydrogen-bond acceptors (Lipinski definition) is 5. The first kappa shape index (κ1) is 18.8.